The van der Waals surface area contributed by atoms with E-state index in [-0.39, 0.29) is 10.6 Å². The Labute approximate surface area is 153 Å². The number of nitro groups is 1. The molecule has 138 valence electrons. The molecule has 1 fully saturated rings. The van der Waals surface area contributed by atoms with Crippen LogP contribution in [0.25, 0.3) is 0 Å². The van der Waals surface area contributed by atoms with Gasteiger partial charge in [-0.25, -0.2) is 0 Å². The summed E-state index contributed by atoms with van der Waals surface area (Å²) in [6.45, 7) is 3.93. The first-order valence-electron chi connectivity index (χ1n) is 8.69. The molecule has 1 saturated carbocycles. The molecule has 1 aliphatic carbocycles. The van der Waals surface area contributed by atoms with Crippen molar-refractivity contribution in [3.8, 4) is 0 Å². The number of para-hydroxylation sites is 2. The van der Waals surface area contributed by atoms with Crippen molar-refractivity contribution in [2.45, 2.75) is 37.5 Å². The van der Waals surface area contributed by atoms with Crippen LogP contribution in [0, 0.1) is 10.1 Å². The Morgan fingerprint density at radius 2 is 2.20 bits per heavy atom. The molecule has 0 saturated heterocycles. The van der Waals surface area contributed by atoms with Crippen molar-refractivity contribution in [3.63, 3.8) is 0 Å². The number of anilines is 1. The van der Waals surface area contributed by atoms with Crippen LogP contribution in [0.5, 0.6) is 0 Å². The molecule has 0 aromatic heterocycles. The van der Waals surface area contributed by atoms with E-state index >= 15 is 0 Å². The number of benzene rings is 1. The fraction of sp³-hybridized carbons (Fsp3) is 0.588. The zero-order valence-corrected chi connectivity index (χ0v) is 15.6. The van der Waals surface area contributed by atoms with E-state index in [9.17, 15) is 10.1 Å². The molecule has 25 heavy (non-hydrogen) atoms. The SMILES string of the molecule is CCNC(=NCCNc1ccccc1[N+](=O)[O-])NC1CCC(SC)C1. The van der Waals surface area contributed by atoms with E-state index in [0.29, 0.717) is 24.8 Å². The van der Waals surface area contributed by atoms with Gasteiger partial charge in [0.15, 0.2) is 5.96 Å². The van der Waals surface area contributed by atoms with Crippen LogP contribution in [0.2, 0.25) is 0 Å². The lowest BCUT2D eigenvalue weighted by Crippen LogP contribution is -2.42. The molecule has 0 radical (unpaired) electrons. The highest BCUT2D eigenvalue weighted by molar-refractivity contribution is 7.99. The number of hydrogen-bond acceptors (Lipinski definition) is 5. The fourth-order valence-electron chi connectivity index (χ4n) is 2.94. The first kappa shape index (κ1) is 19.4. The van der Waals surface area contributed by atoms with Crippen LogP contribution in [0.1, 0.15) is 26.2 Å². The van der Waals surface area contributed by atoms with E-state index in [1.54, 1.807) is 18.2 Å². The smallest absolute Gasteiger partial charge is 0.292 e. The van der Waals surface area contributed by atoms with Gasteiger partial charge < -0.3 is 16.0 Å². The lowest BCUT2D eigenvalue weighted by atomic mass is 10.2. The third-order valence-corrected chi connectivity index (χ3v) is 5.30. The van der Waals surface area contributed by atoms with Crippen LogP contribution in [-0.2, 0) is 0 Å². The molecule has 0 aliphatic heterocycles. The average Bonchev–Trinajstić information content (AvgIpc) is 3.06. The Morgan fingerprint density at radius 3 is 2.88 bits per heavy atom. The molecule has 0 heterocycles. The van der Waals surface area contributed by atoms with Crippen LogP contribution in [-0.4, -0.2) is 48.1 Å². The molecule has 0 spiro atoms. The highest BCUT2D eigenvalue weighted by Gasteiger charge is 2.24. The lowest BCUT2D eigenvalue weighted by Gasteiger charge is -2.17. The van der Waals surface area contributed by atoms with Crippen molar-refractivity contribution in [2.75, 3.05) is 31.2 Å². The minimum Gasteiger partial charge on any atom is -0.378 e. The maximum Gasteiger partial charge on any atom is 0.292 e. The van der Waals surface area contributed by atoms with Crippen molar-refractivity contribution in [2.24, 2.45) is 4.99 Å². The molecular weight excluding hydrogens is 338 g/mol. The predicted octanol–water partition coefficient (Wildman–Crippen LogP) is 2.85. The van der Waals surface area contributed by atoms with Gasteiger partial charge >= 0.3 is 0 Å². The van der Waals surface area contributed by atoms with Crippen LogP contribution in [0.4, 0.5) is 11.4 Å². The molecule has 0 amide bonds. The normalized spacial score (nSPS) is 20.3. The van der Waals surface area contributed by atoms with Gasteiger partial charge in [-0.15, -0.1) is 0 Å². The Kier molecular flexibility index (Phi) is 7.84. The second-order valence-corrected chi connectivity index (χ2v) is 7.11. The summed E-state index contributed by atoms with van der Waals surface area (Å²) in [7, 11) is 0. The molecule has 2 unspecified atom stereocenters. The summed E-state index contributed by atoms with van der Waals surface area (Å²) in [6, 6.07) is 7.13. The molecule has 1 aliphatic rings. The number of nitrogens with zero attached hydrogens (tertiary/aromatic N) is 2. The van der Waals surface area contributed by atoms with E-state index in [1.807, 2.05) is 18.7 Å². The quantitative estimate of drug-likeness (QED) is 0.216. The molecule has 1 aromatic carbocycles. The van der Waals surface area contributed by atoms with Gasteiger partial charge in [0.25, 0.3) is 5.69 Å². The highest BCUT2D eigenvalue weighted by Crippen LogP contribution is 2.28. The molecule has 0 bridgehead atoms. The van der Waals surface area contributed by atoms with Crippen LogP contribution >= 0.6 is 11.8 Å². The van der Waals surface area contributed by atoms with E-state index in [0.717, 1.165) is 17.8 Å². The first-order chi connectivity index (χ1) is 12.1. The van der Waals surface area contributed by atoms with E-state index < -0.39 is 0 Å². The zero-order valence-electron chi connectivity index (χ0n) is 14.8. The van der Waals surface area contributed by atoms with Gasteiger partial charge in [-0.3, -0.25) is 15.1 Å². The van der Waals surface area contributed by atoms with E-state index in [1.165, 1.54) is 25.3 Å². The van der Waals surface area contributed by atoms with Crippen LogP contribution in [0.15, 0.2) is 29.3 Å². The predicted molar refractivity (Wildman–Crippen MR) is 106 cm³/mol. The van der Waals surface area contributed by atoms with Gasteiger partial charge in [0.2, 0.25) is 0 Å². The number of guanidine groups is 1. The average molecular weight is 366 g/mol. The maximum atomic E-state index is 11.0. The second-order valence-electron chi connectivity index (χ2n) is 5.97. The standard InChI is InChI=1S/C17H27N5O2S/c1-3-18-17(21-13-8-9-14(12-13)25-2)20-11-10-19-15-6-4-5-7-16(15)22(23)24/h4-7,13-14,19H,3,8-12H2,1-2H3,(H2,18,20,21). The number of nitrogens with one attached hydrogen (secondary N) is 3. The van der Waals surface area contributed by atoms with Gasteiger partial charge in [0.05, 0.1) is 11.5 Å². The number of rotatable bonds is 8. The topological polar surface area (TPSA) is 91.6 Å². The molecule has 7 nitrogen and oxygen atoms in total. The summed E-state index contributed by atoms with van der Waals surface area (Å²) in [6.07, 6.45) is 5.75. The Balaban J connectivity index is 1.84. The molecular formula is C17H27N5O2S. The van der Waals surface area contributed by atoms with Crippen molar-refractivity contribution >= 4 is 29.1 Å². The number of aliphatic imine (C=N–C) groups is 1. The Morgan fingerprint density at radius 1 is 1.40 bits per heavy atom. The molecule has 2 atom stereocenters. The number of thioether (sulfide) groups is 1. The minimum atomic E-state index is -0.376. The van der Waals surface area contributed by atoms with Crippen molar-refractivity contribution in [3.05, 3.63) is 34.4 Å². The maximum absolute atomic E-state index is 11.0. The summed E-state index contributed by atoms with van der Waals surface area (Å²) < 4.78 is 0. The van der Waals surface area contributed by atoms with Crippen LogP contribution in [0.3, 0.4) is 0 Å². The number of hydrogen-bond donors (Lipinski definition) is 3. The zero-order chi connectivity index (χ0) is 18.1. The fourth-order valence-corrected chi connectivity index (χ4v) is 3.74. The summed E-state index contributed by atoms with van der Waals surface area (Å²) in [4.78, 5) is 15.2. The van der Waals surface area contributed by atoms with E-state index in [2.05, 4.69) is 27.2 Å². The van der Waals surface area contributed by atoms with Gasteiger partial charge in [-0.1, -0.05) is 12.1 Å². The molecule has 2 rings (SSSR count). The highest BCUT2D eigenvalue weighted by atomic mass is 32.2. The summed E-state index contributed by atoms with van der Waals surface area (Å²) in [5.74, 6) is 0.818. The largest absolute Gasteiger partial charge is 0.378 e. The number of nitro benzene ring substituents is 1. The van der Waals surface area contributed by atoms with Gasteiger partial charge in [-0.05, 0) is 38.5 Å². The van der Waals surface area contributed by atoms with E-state index in [4.69, 9.17) is 0 Å². The van der Waals surface area contributed by atoms with Gasteiger partial charge in [0, 0.05) is 30.4 Å². The third kappa shape index (κ3) is 6.12. The van der Waals surface area contributed by atoms with Crippen LogP contribution < -0.4 is 16.0 Å². The molecule has 3 N–H and O–H groups in total. The Hall–Kier alpha value is -1.96. The summed E-state index contributed by atoms with van der Waals surface area (Å²) >= 11 is 1.93. The minimum absolute atomic E-state index is 0.0885. The summed E-state index contributed by atoms with van der Waals surface area (Å²) in [5, 5.41) is 21.6. The molecule has 1 aromatic rings. The Bertz CT molecular complexity index is 596. The third-order valence-electron chi connectivity index (χ3n) is 4.20. The van der Waals surface area contributed by atoms with Crippen molar-refractivity contribution < 1.29 is 4.92 Å². The second kappa shape index (κ2) is 10.1. The lowest BCUT2D eigenvalue weighted by molar-refractivity contribution is -0.384. The van der Waals surface area contributed by atoms with Gasteiger partial charge in [0.1, 0.15) is 5.69 Å². The van der Waals surface area contributed by atoms with Gasteiger partial charge in [-0.2, -0.15) is 11.8 Å². The van der Waals surface area contributed by atoms with Crippen molar-refractivity contribution in [1.29, 1.82) is 0 Å². The monoisotopic (exact) mass is 365 g/mol. The summed E-state index contributed by atoms with van der Waals surface area (Å²) in [5.41, 5.74) is 0.616. The van der Waals surface area contributed by atoms with Crippen molar-refractivity contribution in [1.82, 2.24) is 10.6 Å². The molecule has 8 heteroatoms. The first-order valence-corrected chi connectivity index (χ1v) is 9.97.